The van der Waals surface area contributed by atoms with Crippen molar-refractivity contribution < 1.29 is 22.0 Å². The van der Waals surface area contributed by atoms with Crippen LogP contribution >= 0.6 is 0 Å². The molecule has 1 radical (unpaired) electrons. The van der Waals surface area contributed by atoms with Gasteiger partial charge in [0.15, 0.2) is 0 Å². The number of unbranched alkanes of at least 4 members (excludes halogenated alkanes) is 2. The zero-order chi connectivity index (χ0) is 15.3. The van der Waals surface area contributed by atoms with Crippen molar-refractivity contribution in [3.8, 4) is 0 Å². The summed E-state index contributed by atoms with van der Waals surface area (Å²) in [5.74, 6) is -8.85. The van der Waals surface area contributed by atoms with Crippen LogP contribution in [0.4, 0.5) is 22.0 Å². The fourth-order valence-corrected chi connectivity index (χ4v) is 11.1. The summed E-state index contributed by atoms with van der Waals surface area (Å²) in [4.78, 5) is 0. The van der Waals surface area contributed by atoms with E-state index in [1.165, 1.54) is 0 Å². The van der Waals surface area contributed by atoms with Crippen LogP contribution in [0.1, 0.15) is 39.5 Å². The van der Waals surface area contributed by atoms with Gasteiger partial charge in [0, 0.05) is 0 Å². The SMILES string of the molecule is CCC[CH2][Sn]([CH2]CCC)[c]1c(F)c(F)c(F)c(F)c1F. The Kier molecular flexibility index (Phi) is 7.26. The molecule has 0 saturated heterocycles. The molecule has 0 atom stereocenters. The van der Waals surface area contributed by atoms with Crippen LogP contribution in [0.25, 0.3) is 0 Å². The summed E-state index contributed by atoms with van der Waals surface area (Å²) in [5, 5.41) is 0. The maximum atomic E-state index is 13.8. The fourth-order valence-electron chi connectivity index (χ4n) is 2.07. The van der Waals surface area contributed by atoms with Gasteiger partial charge in [0.25, 0.3) is 0 Å². The second kappa shape index (κ2) is 8.19. The molecule has 0 aliphatic carbocycles. The Bertz CT molecular complexity index is 424. The Balaban J connectivity index is 3.24. The molecule has 1 rings (SSSR count). The average Bonchev–Trinajstić information content (AvgIpc) is 2.45. The van der Waals surface area contributed by atoms with E-state index in [0.717, 1.165) is 25.7 Å². The van der Waals surface area contributed by atoms with Crippen LogP contribution in [0.5, 0.6) is 0 Å². The van der Waals surface area contributed by atoms with Crippen molar-refractivity contribution in [1.82, 2.24) is 0 Å². The van der Waals surface area contributed by atoms with Crippen LogP contribution in [0.15, 0.2) is 0 Å². The molecule has 1 aromatic rings. The molecule has 0 unspecified atom stereocenters. The molecule has 0 N–H and O–H groups in total. The number of benzene rings is 1. The van der Waals surface area contributed by atoms with Gasteiger partial charge in [0.1, 0.15) is 0 Å². The average molecular weight is 400 g/mol. The minimum atomic E-state index is -2.83. The van der Waals surface area contributed by atoms with Crippen LogP contribution in [0.2, 0.25) is 8.87 Å². The second-order valence-electron chi connectivity index (χ2n) is 4.76. The number of hydrogen-bond donors (Lipinski definition) is 0. The van der Waals surface area contributed by atoms with Gasteiger partial charge in [-0.15, -0.1) is 0 Å². The summed E-state index contributed by atoms with van der Waals surface area (Å²) in [6.45, 7) is 3.89. The Morgan fingerprint density at radius 3 is 1.35 bits per heavy atom. The molecule has 0 aromatic heterocycles. The van der Waals surface area contributed by atoms with E-state index in [4.69, 9.17) is 0 Å². The monoisotopic (exact) mass is 401 g/mol. The van der Waals surface area contributed by atoms with Crippen molar-refractivity contribution in [2.75, 3.05) is 0 Å². The predicted octanol–water partition coefficient (Wildman–Crippen LogP) is 4.68. The topological polar surface area (TPSA) is 0 Å². The molecule has 0 saturated carbocycles. The fraction of sp³-hybridized carbons (Fsp3) is 0.571. The summed E-state index contributed by atoms with van der Waals surface area (Å²) in [5.41, 5.74) is 0. The first-order valence-electron chi connectivity index (χ1n) is 6.82. The van der Waals surface area contributed by atoms with Crippen molar-refractivity contribution in [3.05, 3.63) is 29.1 Å². The van der Waals surface area contributed by atoms with Gasteiger partial charge in [-0.05, 0) is 0 Å². The molecule has 0 aliphatic rings. The van der Waals surface area contributed by atoms with Gasteiger partial charge < -0.3 is 0 Å². The molecule has 6 heteroatoms. The van der Waals surface area contributed by atoms with Gasteiger partial charge >= 0.3 is 123 Å². The molecule has 0 spiro atoms. The zero-order valence-corrected chi connectivity index (χ0v) is 14.5. The van der Waals surface area contributed by atoms with E-state index < -0.39 is 52.4 Å². The van der Waals surface area contributed by atoms with Crippen molar-refractivity contribution in [1.29, 1.82) is 0 Å². The molecule has 113 valence electrons. The molecule has 0 aliphatic heterocycles. The Hall–Kier alpha value is -0.331. The van der Waals surface area contributed by atoms with E-state index in [9.17, 15) is 22.0 Å². The molecule has 0 amide bonds. The number of rotatable bonds is 7. The standard InChI is InChI=1S/C6F5.2C4H9.Sn/c7-2-1-3(8)5(10)6(11)4(2)9;2*1-3-4-2;/h;2*1,3-4H2,2H3;. The first-order valence-corrected chi connectivity index (χ1v) is 12.3. The Morgan fingerprint density at radius 2 is 1.00 bits per heavy atom. The summed E-state index contributed by atoms with van der Waals surface area (Å²) >= 11 is -2.83. The van der Waals surface area contributed by atoms with E-state index in [1.807, 2.05) is 13.8 Å². The molecule has 0 bridgehead atoms. The molecule has 0 fully saturated rings. The van der Waals surface area contributed by atoms with E-state index in [2.05, 4.69) is 0 Å². The van der Waals surface area contributed by atoms with Crippen LogP contribution in [-0.4, -0.2) is 19.8 Å². The van der Waals surface area contributed by atoms with Crippen LogP contribution in [-0.2, 0) is 0 Å². The van der Waals surface area contributed by atoms with Crippen LogP contribution < -0.4 is 3.58 Å². The van der Waals surface area contributed by atoms with Gasteiger partial charge in [-0.25, -0.2) is 0 Å². The van der Waals surface area contributed by atoms with E-state index in [1.54, 1.807) is 0 Å². The molecular weight excluding hydrogens is 382 g/mol. The van der Waals surface area contributed by atoms with Crippen molar-refractivity contribution >= 4 is 23.3 Å². The summed E-state index contributed by atoms with van der Waals surface area (Å²) in [6, 6.07) is 0. The van der Waals surface area contributed by atoms with Crippen molar-refractivity contribution in [2.24, 2.45) is 0 Å². The van der Waals surface area contributed by atoms with Gasteiger partial charge in [-0.2, -0.15) is 0 Å². The molecule has 20 heavy (non-hydrogen) atoms. The quantitative estimate of drug-likeness (QED) is 0.270. The van der Waals surface area contributed by atoms with Gasteiger partial charge in [0.05, 0.1) is 0 Å². The Labute approximate surface area is 123 Å². The summed E-state index contributed by atoms with van der Waals surface area (Å²) < 4.78 is 68.1. The van der Waals surface area contributed by atoms with Gasteiger partial charge in [0.2, 0.25) is 0 Å². The number of hydrogen-bond acceptors (Lipinski definition) is 0. The normalized spacial score (nSPS) is 11.4. The van der Waals surface area contributed by atoms with Gasteiger partial charge in [-0.1, -0.05) is 0 Å². The first kappa shape index (κ1) is 17.7. The third kappa shape index (κ3) is 3.86. The Morgan fingerprint density at radius 1 is 0.650 bits per heavy atom. The van der Waals surface area contributed by atoms with Crippen LogP contribution in [0, 0.1) is 29.1 Å². The molecule has 0 nitrogen and oxygen atoms in total. The summed E-state index contributed by atoms with van der Waals surface area (Å²) in [7, 11) is 0. The second-order valence-corrected chi connectivity index (χ2v) is 12.5. The predicted molar refractivity (Wildman–Crippen MR) is 71.1 cm³/mol. The van der Waals surface area contributed by atoms with Crippen LogP contribution in [0.3, 0.4) is 0 Å². The van der Waals surface area contributed by atoms with E-state index in [0.29, 0.717) is 8.87 Å². The third-order valence-corrected chi connectivity index (χ3v) is 12.0. The number of halogens is 5. The minimum absolute atomic E-state index is 0.453. The first-order chi connectivity index (χ1) is 9.45. The van der Waals surface area contributed by atoms with Gasteiger partial charge in [-0.3, -0.25) is 0 Å². The van der Waals surface area contributed by atoms with Crippen molar-refractivity contribution in [3.63, 3.8) is 0 Å². The van der Waals surface area contributed by atoms with Crippen molar-refractivity contribution in [2.45, 2.75) is 48.4 Å². The maximum absolute atomic E-state index is 13.8. The van der Waals surface area contributed by atoms with E-state index >= 15 is 0 Å². The summed E-state index contributed by atoms with van der Waals surface area (Å²) in [6.07, 6.45) is 3.26. The molecule has 0 heterocycles. The molecular formula is C14H18F5Sn. The third-order valence-electron chi connectivity index (χ3n) is 3.23. The zero-order valence-electron chi connectivity index (χ0n) is 11.6. The van der Waals surface area contributed by atoms with E-state index in [-0.39, 0.29) is 0 Å². The molecule has 1 aromatic carbocycles.